The molecule has 0 aliphatic heterocycles. The molecule has 17 heavy (non-hydrogen) atoms. The maximum atomic E-state index is 10.8. The largest absolute Gasteiger partial charge is 0.478 e. The van der Waals surface area contributed by atoms with E-state index >= 15 is 0 Å². The van der Waals surface area contributed by atoms with Crippen LogP contribution in [0.3, 0.4) is 0 Å². The Balaban J connectivity index is 2.55. The molecule has 0 spiro atoms. The number of carboxylic acids is 1. The lowest BCUT2D eigenvalue weighted by Gasteiger charge is -2.08. The first-order chi connectivity index (χ1) is 8.09. The van der Waals surface area contributed by atoms with Crippen LogP contribution < -0.4 is 0 Å². The van der Waals surface area contributed by atoms with E-state index in [0.717, 1.165) is 16.7 Å². The molecule has 0 aliphatic rings. The van der Waals surface area contributed by atoms with E-state index in [2.05, 4.69) is 0 Å². The first kappa shape index (κ1) is 11.7. The smallest absolute Gasteiger partial charge is 0.335 e. The fourth-order valence-electron chi connectivity index (χ4n) is 1.78. The predicted octanol–water partition coefficient (Wildman–Crippen LogP) is 4.01. The maximum absolute atomic E-state index is 10.8. The summed E-state index contributed by atoms with van der Waals surface area (Å²) in [6.07, 6.45) is 0. The minimum atomic E-state index is -0.918. The van der Waals surface area contributed by atoms with Crippen molar-refractivity contribution in [1.82, 2.24) is 0 Å². The Hall–Kier alpha value is -1.80. The van der Waals surface area contributed by atoms with E-state index in [4.69, 9.17) is 16.7 Å². The number of rotatable bonds is 2. The Morgan fingerprint density at radius 3 is 2.41 bits per heavy atom. The molecule has 0 heterocycles. The van der Waals surface area contributed by atoms with Crippen molar-refractivity contribution in [3.05, 3.63) is 58.6 Å². The molecule has 2 nitrogen and oxygen atoms in total. The number of hydrogen-bond donors (Lipinski definition) is 1. The van der Waals surface area contributed by atoms with Crippen molar-refractivity contribution in [3.8, 4) is 11.1 Å². The molecule has 0 radical (unpaired) electrons. The summed E-state index contributed by atoms with van der Waals surface area (Å²) >= 11 is 6.12. The summed E-state index contributed by atoms with van der Waals surface area (Å²) in [5, 5.41) is 9.56. The lowest BCUT2D eigenvalue weighted by atomic mass is 9.98. The van der Waals surface area contributed by atoms with E-state index in [1.165, 1.54) is 0 Å². The van der Waals surface area contributed by atoms with E-state index in [-0.39, 0.29) is 0 Å². The maximum Gasteiger partial charge on any atom is 0.335 e. The van der Waals surface area contributed by atoms with Crippen LogP contribution in [0.1, 0.15) is 15.9 Å². The molecular weight excluding hydrogens is 236 g/mol. The zero-order valence-corrected chi connectivity index (χ0v) is 10.0. The van der Waals surface area contributed by atoms with Gasteiger partial charge in [-0.1, -0.05) is 35.9 Å². The van der Waals surface area contributed by atoms with Crippen molar-refractivity contribution < 1.29 is 9.90 Å². The fraction of sp³-hybridized carbons (Fsp3) is 0.0714. The van der Waals surface area contributed by atoms with Crippen LogP contribution in [0, 0.1) is 6.92 Å². The molecule has 0 aliphatic carbocycles. The first-order valence-electron chi connectivity index (χ1n) is 5.18. The molecule has 0 atom stereocenters. The van der Waals surface area contributed by atoms with Gasteiger partial charge in [0.2, 0.25) is 0 Å². The zero-order chi connectivity index (χ0) is 12.4. The predicted molar refractivity (Wildman–Crippen MR) is 68.6 cm³/mol. The van der Waals surface area contributed by atoms with E-state index in [9.17, 15) is 4.79 Å². The minimum Gasteiger partial charge on any atom is -0.478 e. The lowest BCUT2D eigenvalue weighted by molar-refractivity contribution is 0.0697. The fourth-order valence-corrected chi connectivity index (χ4v) is 2.02. The Morgan fingerprint density at radius 1 is 1.12 bits per heavy atom. The molecular formula is C14H11ClO2. The quantitative estimate of drug-likeness (QED) is 0.869. The number of hydrogen-bond acceptors (Lipinski definition) is 1. The summed E-state index contributed by atoms with van der Waals surface area (Å²) in [5.41, 5.74) is 3.07. The Labute approximate surface area is 104 Å². The van der Waals surface area contributed by atoms with E-state index in [1.807, 2.05) is 31.2 Å². The molecule has 2 aromatic rings. The average Bonchev–Trinajstić information content (AvgIpc) is 2.30. The lowest BCUT2D eigenvalue weighted by Crippen LogP contribution is -1.97. The summed E-state index contributed by atoms with van der Waals surface area (Å²) in [5.74, 6) is -0.918. The Kier molecular flexibility index (Phi) is 3.16. The van der Waals surface area contributed by atoms with Gasteiger partial charge in [0.1, 0.15) is 0 Å². The summed E-state index contributed by atoms with van der Waals surface area (Å²) in [4.78, 5) is 10.8. The summed E-state index contributed by atoms with van der Waals surface area (Å²) in [6.45, 7) is 1.88. The van der Waals surface area contributed by atoms with E-state index < -0.39 is 5.97 Å². The molecule has 3 heteroatoms. The van der Waals surface area contributed by atoms with Crippen LogP contribution in [0.25, 0.3) is 11.1 Å². The number of carbonyl (C=O) groups is 1. The van der Waals surface area contributed by atoms with Crippen LogP contribution in [-0.4, -0.2) is 11.1 Å². The Bertz CT molecular complexity index is 576. The summed E-state index contributed by atoms with van der Waals surface area (Å²) < 4.78 is 0. The van der Waals surface area contributed by atoms with Crippen molar-refractivity contribution >= 4 is 17.6 Å². The second-order valence-electron chi connectivity index (χ2n) is 3.81. The normalized spacial score (nSPS) is 10.2. The molecule has 0 bridgehead atoms. The highest BCUT2D eigenvalue weighted by atomic mass is 35.5. The number of aromatic carboxylic acids is 1. The number of aryl methyl sites for hydroxylation is 1. The summed E-state index contributed by atoms with van der Waals surface area (Å²) in [6, 6.07) is 12.6. The minimum absolute atomic E-state index is 0.290. The van der Waals surface area contributed by atoms with E-state index in [0.29, 0.717) is 10.6 Å². The molecule has 0 saturated heterocycles. The van der Waals surface area contributed by atoms with Gasteiger partial charge in [-0.25, -0.2) is 4.79 Å². The molecule has 0 aromatic heterocycles. The second kappa shape index (κ2) is 4.60. The van der Waals surface area contributed by atoms with Crippen molar-refractivity contribution in [1.29, 1.82) is 0 Å². The van der Waals surface area contributed by atoms with Gasteiger partial charge in [0, 0.05) is 10.6 Å². The molecule has 2 rings (SSSR count). The van der Waals surface area contributed by atoms with Gasteiger partial charge in [0.25, 0.3) is 0 Å². The zero-order valence-electron chi connectivity index (χ0n) is 9.27. The van der Waals surface area contributed by atoms with Crippen molar-refractivity contribution in [3.63, 3.8) is 0 Å². The Morgan fingerprint density at radius 2 is 1.82 bits per heavy atom. The third kappa shape index (κ3) is 2.32. The van der Waals surface area contributed by atoms with E-state index in [1.54, 1.807) is 18.2 Å². The standard InChI is InChI=1S/C14H11ClO2/c1-9-8-10(14(16)17)6-7-11(9)12-4-2-3-5-13(12)15/h2-8H,1H3,(H,16,17). The van der Waals surface area contributed by atoms with Crippen LogP contribution in [-0.2, 0) is 0 Å². The molecule has 86 valence electrons. The van der Waals surface area contributed by atoms with Crippen molar-refractivity contribution in [2.24, 2.45) is 0 Å². The van der Waals surface area contributed by atoms with Crippen LogP contribution >= 0.6 is 11.6 Å². The van der Waals surface area contributed by atoms with Gasteiger partial charge in [-0.3, -0.25) is 0 Å². The number of benzene rings is 2. The van der Waals surface area contributed by atoms with Crippen LogP contribution in [0.4, 0.5) is 0 Å². The van der Waals surface area contributed by atoms with Gasteiger partial charge in [-0.05, 0) is 36.2 Å². The molecule has 0 amide bonds. The molecule has 1 N–H and O–H groups in total. The molecule has 0 fully saturated rings. The first-order valence-corrected chi connectivity index (χ1v) is 5.56. The highest BCUT2D eigenvalue weighted by molar-refractivity contribution is 6.33. The number of halogens is 1. The summed E-state index contributed by atoms with van der Waals surface area (Å²) in [7, 11) is 0. The van der Waals surface area contributed by atoms with Crippen molar-refractivity contribution in [2.45, 2.75) is 6.92 Å². The van der Waals surface area contributed by atoms with Gasteiger partial charge in [0.05, 0.1) is 5.56 Å². The number of carboxylic acid groups (broad SMARTS) is 1. The monoisotopic (exact) mass is 246 g/mol. The highest BCUT2D eigenvalue weighted by Gasteiger charge is 2.09. The second-order valence-corrected chi connectivity index (χ2v) is 4.22. The topological polar surface area (TPSA) is 37.3 Å². The average molecular weight is 247 g/mol. The van der Waals surface area contributed by atoms with Gasteiger partial charge in [-0.2, -0.15) is 0 Å². The van der Waals surface area contributed by atoms with Gasteiger partial charge in [0.15, 0.2) is 0 Å². The molecule has 0 saturated carbocycles. The van der Waals surface area contributed by atoms with Gasteiger partial charge in [-0.15, -0.1) is 0 Å². The molecule has 0 unspecified atom stereocenters. The third-order valence-corrected chi connectivity index (χ3v) is 2.97. The van der Waals surface area contributed by atoms with Crippen LogP contribution in [0.2, 0.25) is 5.02 Å². The van der Waals surface area contributed by atoms with Gasteiger partial charge < -0.3 is 5.11 Å². The molecule has 2 aromatic carbocycles. The third-order valence-electron chi connectivity index (χ3n) is 2.64. The van der Waals surface area contributed by atoms with Crippen LogP contribution in [0.5, 0.6) is 0 Å². The highest BCUT2D eigenvalue weighted by Crippen LogP contribution is 2.30. The van der Waals surface area contributed by atoms with Crippen LogP contribution in [0.15, 0.2) is 42.5 Å². The van der Waals surface area contributed by atoms with Gasteiger partial charge >= 0.3 is 5.97 Å². The SMILES string of the molecule is Cc1cc(C(=O)O)ccc1-c1ccccc1Cl. The van der Waals surface area contributed by atoms with Crippen molar-refractivity contribution in [2.75, 3.05) is 0 Å².